The molecule has 4 nitrogen and oxygen atoms in total. The van der Waals surface area contributed by atoms with Gasteiger partial charge in [-0.15, -0.1) is 0 Å². The van der Waals surface area contributed by atoms with E-state index in [1.807, 2.05) is 19.1 Å². The predicted octanol–water partition coefficient (Wildman–Crippen LogP) is 10.4. The normalized spacial score (nSPS) is 11.1. The Morgan fingerprint density at radius 3 is 1.34 bits per heavy atom. The summed E-state index contributed by atoms with van der Waals surface area (Å²) < 4.78 is 0. The predicted molar refractivity (Wildman–Crippen MR) is 151 cm³/mol. The van der Waals surface area contributed by atoms with Gasteiger partial charge in [-0.3, -0.25) is 5.26 Å². The Hall–Kier alpha value is -1.52. The molecule has 0 atom stereocenters. The van der Waals surface area contributed by atoms with Crippen LogP contribution in [0.15, 0.2) is 24.3 Å². The first kappa shape index (κ1) is 33.5. The minimum absolute atomic E-state index is 0.0828. The summed E-state index contributed by atoms with van der Waals surface area (Å²) in [6, 6.07) is 4.70. The number of allylic oxidation sites excluding steroid dienone is 1. The van der Waals surface area contributed by atoms with Crippen molar-refractivity contribution in [2.45, 2.75) is 142 Å². The number of phenolic OH excluding ortho intramolecular Hbond substituents is 2. The lowest BCUT2D eigenvalue weighted by molar-refractivity contribution is -0.242. The van der Waals surface area contributed by atoms with Crippen molar-refractivity contribution in [2.75, 3.05) is 6.61 Å². The molecule has 0 heterocycles. The second kappa shape index (κ2) is 27.1. The summed E-state index contributed by atoms with van der Waals surface area (Å²) in [5.41, 5.74) is 0.878. The number of aromatic hydroxyl groups is 2. The Morgan fingerprint density at radius 2 is 1.00 bits per heavy atom. The summed E-state index contributed by atoms with van der Waals surface area (Å²) in [6.45, 7) is 4.68. The van der Waals surface area contributed by atoms with Crippen LogP contribution in [0.5, 0.6) is 11.5 Å². The molecule has 3 N–H and O–H groups in total. The van der Waals surface area contributed by atoms with Crippen molar-refractivity contribution in [3.8, 4) is 11.5 Å². The van der Waals surface area contributed by atoms with Crippen LogP contribution in [-0.4, -0.2) is 22.1 Å². The molecule has 0 spiro atoms. The highest BCUT2D eigenvalue weighted by Gasteiger charge is 1.97. The van der Waals surface area contributed by atoms with E-state index in [1.165, 1.54) is 134 Å². The van der Waals surface area contributed by atoms with Crippen LogP contribution in [0.2, 0.25) is 0 Å². The number of hydrogen-bond donors (Lipinski definition) is 3. The lowest BCUT2D eigenvalue weighted by Crippen LogP contribution is -1.88. The van der Waals surface area contributed by atoms with Crippen molar-refractivity contribution < 1.29 is 20.4 Å². The Kier molecular flexibility index (Phi) is 25.9. The van der Waals surface area contributed by atoms with Gasteiger partial charge in [0.15, 0.2) is 11.5 Å². The van der Waals surface area contributed by atoms with E-state index < -0.39 is 0 Å². The van der Waals surface area contributed by atoms with Crippen molar-refractivity contribution in [1.82, 2.24) is 0 Å². The van der Waals surface area contributed by atoms with Crippen LogP contribution in [0.25, 0.3) is 6.08 Å². The van der Waals surface area contributed by atoms with Crippen molar-refractivity contribution in [3.63, 3.8) is 0 Å². The lowest BCUT2D eigenvalue weighted by Gasteiger charge is -2.04. The summed E-state index contributed by atoms with van der Waals surface area (Å²) in [5, 5.41) is 26.2. The van der Waals surface area contributed by atoms with E-state index >= 15 is 0 Å². The zero-order valence-electron chi connectivity index (χ0n) is 23.0. The van der Waals surface area contributed by atoms with Gasteiger partial charge in [0.25, 0.3) is 0 Å². The quantitative estimate of drug-likeness (QED) is 0.0651. The number of rotatable bonds is 22. The summed E-state index contributed by atoms with van der Waals surface area (Å²) >= 11 is 0. The van der Waals surface area contributed by atoms with Crippen molar-refractivity contribution in [3.05, 3.63) is 29.8 Å². The molecule has 1 aromatic carbocycles. The van der Waals surface area contributed by atoms with Gasteiger partial charge in [0.05, 0.1) is 6.61 Å². The Bertz CT molecular complexity index is 563. The molecule has 4 heteroatoms. The first-order valence-electron chi connectivity index (χ1n) is 14.6. The average Bonchev–Trinajstić information content (AvgIpc) is 2.86. The number of hydrogen-bond acceptors (Lipinski definition) is 4. The van der Waals surface area contributed by atoms with E-state index in [0.29, 0.717) is 6.61 Å². The summed E-state index contributed by atoms with van der Waals surface area (Å²) in [7, 11) is 0. The van der Waals surface area contributed by atoms with Crippen molar-refractivity contribution in [2.24, 2.45) is 0 Å². The lowest BCUT2D eigenvalue weighted by atomic mass is 10.0. The number of unbranched alkanes of at least 4 members (excludes halogenated alkanes) is 19. The third-order valence-corrected chi connectivity index (χ3v) is 6.45. The highest BCUT2D eigenvalue weighted by Crippen LogP contribution is 2.25. The third kappa shape index (κ3) is 24.0. The van der Waals surface area contributed by atoms with Crippen LogP contribution in [0.3, 0.4) is 0 Å². The maximum atomic E-state index is 9.04. The topological polar surface area (TPSA) is 69.9 Å². The van der Waals surface area contributed by atoms with Crippen LogP contribution in [0.4, 0.5) is 0 Å². The molecule has 0 saturated carbocycles. The molecule has 0 aliphatic carbocycles. The zero-order chi connectivity index (χ0) is 25.8. The Labute approximate surface area is 216 Å². The maximum Gasteiger partial charge on any atom is 0.157 e. The standard InChI is InChI=1S/C22H46O2.C9H10O2/c1-2-3-4-5-6-7-8-9-10-11-12-13-14-15-16-17-18-19-20-21-22-24-23;1-2-3-7-4-5-8(10)9(11)6-7/h23H,2-22H2,1H3;2-6,10-11H,1H3/b;3-2+. The van der Waals surface area contributed by atoms with Crippen LogP contribution < -0.4 is 0 Å². The van der Waals surface area contributed by atoms with E-state index in [0.717, 1.165) is 12.0 Å². The van der Waals surface area contributed by atoms with Crippen LogP contribution in [0, 0.1) is 0 Å². The summed E-state index contributed by atoms with van der Waals surface area (Å²) in [5.74, 6) is -0.168. The van der Waals surface area contributed by atoms with E-state index in [2.05, 4.69) is 11.8 Å². The molecule has 0 amide bonds. The molecule has 0 fully saturated rings. The fraction of sp³-hybridized carbons (Fsp3) is 0.742. The molecule has 0 aromatic heterocycles. The molecule has 0 radical (unpaired) electrons. The van der Waals surface area contributed by atoms with Gasteiger partial charge < -0.3 is 10.2 Å². The van der Waals surface area contributed by atoms with Crippen LogP contribution in [0.1, 0.15) is 148 Å². The molecule has 1 rings (SSSR count). The van der Waals surface area contributed by atoms with Gasteiger partial charge in [0.1, 0.15) is 0 Å². The molecule has 0 aliphatic rings. The van der Waals surface area contributed by atoms with Crippen LogP contribution in [-0.2, 0) is 4.89 Å². The molecule has 204 valence electrons. The second-order valence-corrected chi connectivity index (χ2v) is 9.80. The van der Waals surface area contributed by atoms with Crippen molar-refractivity contribution in [1.29, 1.82) is 0 Å². The highest BCUT2D eigenvalue weighted by atomic mass is 17.1. The van der Waals surface area contributed by atoms with Gasteiger partial charge in [-0.2, -0.15) is 0 Å². The molecule has 0 saturated heterocycles. The summed E-state index contributed by atoms with van der Waals surface area (Å²) in [4.78, 5) is 4.08. The van der Waals surface area contributed by atoms with E-state index in [4.69, 9.17) is 15.5 Å². The molecule has 1 aromatic rings. The van der Waals surface area contributed by atoms with Crippen LogP contribution >= 0.6 is 0 Å². The monoisotopic (exact) mass is 492 g/mol. The highest BCUT2D eigenvalue weighted by molar-refractivity contribution is 5.54. The minimum atomic E-state index is -0.0850. The zero-order valence-corrected chi connectivity index (χ0v) is 23.0. The van der Waals surface area contributed by atoms with Gasteiger partial charge in [-0.25, -0.2) is 4.89 Å². The SMILES string of the molecule is C/C=C/c1ccc(O)c(O)c1.CCCCCCCCCCCCCCCCCCCCCCOO. The number of phenols is 2. The molecule has 0 bridgehead atoms. The first-order valence-corrected chi connectivity index (χ1v) is 14.6. The second-order valence-electron chi connectivity index (χ2n) is 9.80. The summed E-state index contributed by atoms with van der Waals surface area (Å²) in [6.07, 6.45) is 31.6. The van der Waals surface area contributed by atoms with Gasteiger partial charge in [-0.05, 0) is 31.0 Å². The van der Waals surface area contributed by atoms with E-state index in [-0.39, 0.29) is 11.5 Å². The smallest absolute Gasteiger partial charge is 0.157 e. The van der Waals surface area contributed by atoms with Gasteiger partial charge in [-0.1, -0.05) is 147 Å². The van der Waals surface area contributed by atoms with Gasteiger partial charge in [0.2, 0.25) is 0 Å². The molecule has 0 unspecified atom stereocenters. The van der Waals surface area contributed by atoms with Gasteiger partial charge in [0, 0.05) is 0 Å². The Morgan fingerprint density at radius 1 is 0.600 bits per heavy atom. The van der Waals surface area contributed by atoms with Gasteiger partial charge >= 0.3 is 0 Å². The fourth-order valence-electron chi connectivity index (χ4n) is 4.26. The molecule has 35 heavy (non-hydrogen) atoms. The first-order chi connectivity index (χ1) is 17.2. The number of benzene rings is 1. The third-order valence-electron chi connectivity index (χ3n) is 6.45. The average molecular weight is 493 g/mol. The minimum Gasteiger partial charge on any atom is -0.504 e. The molecular formula is C31H56O4. The van der Waals surface area contributed by atoms with Crippen molar-refractivity contribution >= 4 is 6.08 Å². The Balaban J connectivity index is 0.000000867. The largest absolute Gasteiger partial charge is 0.504 e. The van der Waals surface area contributed by atoms with E-state index in [9.17, 15) is 0 Å². The molecular weight excluding hydrogens is 436 g/mol. The fourth-order valence-corrected chi connectivity index (χ4v) is 4.26. The molecule has 0 aliphatic heterocycles. The maximum absolute atomic E-state index is 9.04. The van der Waals surface area contributed by atoms with E-state index in [1.54, 1.807) is 6.07 Å².